The summed E-state index contributed by atoms with van der Waals surface area (Å²) in [7, 11) is 3.69. The maximum Gasteiger partial charge on any atom is 0.173 e. The number of fused-ring (bicyclic) bond motifs is 2. The fraction of sp³-hybridized carbons (Fsp3) is 0.562. The van der Waals surface area contributed by atoms with Crippen molar-refractivity contribution < 1.29 is 4.74 Å². The first-order chi connectivity index (χ1) is 9.69. The zero-order valence-electron chi connectivity index (χ0n) is 12.1. The van der Waals surface area contributed by atoms with Gasteiger partial charge >= 0.3 is 0 Å². The van der Waals surface area contributed by atoms with Gasteiger partial charge in [-0.1, -0.05) is 18.6 Å². The van der Waals surface area contributed by atoms with Gasteiger partial charge in [-0.15, -0.1) is 0 Å². The van der Waals surface area contributed by atoms with E-state index in [-0.39, 0.29) is 0 Å². The van der Waals surface area contributed by atoms with E-state index in [1.165, 1.54) is 25.7 Å². The summed E-state index contributed by atoms with van der Waals surface area (Å²) >= 11 is 5.58. The quantitative estimate of drug-likeness (QED) is 0.864. The third-order valence-corrected chi connectivity index (χ3v) is 5.19. The lowest BCUT2D eigenvalue weighted by Gasteiger charge is -2.29. The molecule has 2 aliphatic rings. The highest BCUT2D eigenvalue weighted by Gasteiger charge is 2.39. The molecule has 4 heteroatoms. The number of methoxy groups -OCH3 is 1. The molecular formula is C16H22N2OS. The van der Waals surface area contributed by atoms with Crippen LogP contribution >= 0.6 is 12.2 Å². The van der Waals surface area contributed by atoms with E-state index < -0.39 is 0 Å². The van der Waals surface area contributed by atoms with Crippen LogP contribution in [0.2, 0.25) is 0 Å². The molecule has 0 amide bonds. The molecule has 3 atom stereocenters. The number of nitrogens with zero attached hydrogens (tertiary/aromatic N) is 1. The van der Waals surface area contributed by atoms with E-state index in [0.29, 0.717) is 6.04 Å². The minimum absolute atomic E-state index is 0.568. The summed E-state index contributed by atoms with van der Waals surface area (Å²) in [6, 6.07) is 8.55. The highest BCUT2D eigenvalue weighted by Crippen LogP contribution is 2.44. The Morgan fingerprint density at radius 1 is 1.30 bits per heavy atom. The highest BCUT2D eigenvalue weighted by molar-refractivity contribution is 7.80. The Morgan fingerprint density at radius 2 is 2.10 bits per heavy atom. The summed E-state index contributed by atoms with van der Waals surface area (Å²) in [5.74, 6) is 2.60. The number of nitrogens with one attached hydrogen (secondary N) is 1. The van der Waals surface area contributed by atoms with Crippen molar-refractivity contribution in [2.45, 2.75) is 31.7 Å². The molecule has 0 aromatic heterocycles. The van der Waals surface area contributed by atoms with Gasteiger partial charge in [0.1, 0.15) is 5.75 Å². The lowest BCUT2D eigenvalue weighted by molar-refractivity contribution is 0.390. The Bertz CT molecular complexity index is 505. The average Bonchev–Trinajstić information content (AvgIpc) is 3.09. The molecule has 1 N–H and O–H groups in total. The van der Waals surface area contributed by atoms with Gasteiger partial charge in [0.15, 0.2) is 5.11 Å². The first kappa shape index (κ1) is 13.7. The number of hydrogen-bond acceptors (Lipinski definition) is 2. The first-order valence-electron chi connectivity index (χ1n) is 7.36. The van der Waals surface area contributed by atoms with Gasteiger partial charge < -0.3 is 15.0 Å². The first-order valence-corrected chi connectivity index (χ1v) is 7.77. The Morgan fingerprint density at radius 3 is 2.75 bits per heavy atom. The van der Waals surface area contributed by atoms with Crippen LogP contribution in [0.1, 0.15) is 25.7 Å². The van der Waals surface area contributed by atoms with E-state index in [0.717, 1.165) is 28.4 Å². The van der Waals surface area contributed by atoms with Crippen LogP contribution in [0.25, 0.3) is 0 Å². The number of hydrogen-bond donors (Lipinski definition) is 1. The Labute approximate surface area is 126 Å². The number of ether oxygens (including phenoxy) is 1. The van der Waals surface area contributed by atoms with Gasteiger partial charge in [-0.25, -0.2) is 0 Å². The number of anilines is 1. The molecule has 20 heavy (non-hydrogen) atoms. The molecule has 0 aliphatic heterocycles. The monoisotopic (exact) mass is 290 g/mol. The van der Waals surface area contributed by atoms with Crippen molar-refractivity contribution in [3.63, 3.8) is 0 Å². The van der Waals surface area contributed by atoms with Crippen LogP contribution in [-0.4, -0.2) is 25.3 Å². The van der Waals surface area contributed by atoms with Crippen LogP contribution in [-0.2, 0) is 0 Å². The van der Waals surface area contributed by atoms with Gasteiger partial charge in [-0.3, -0.25) is 0 Å². The molecule has 2 aliphatic carbocycles. The van der Waals surface area contributed by atoms with Crippen LogP contribution in [0.5, 0.6) is 5.75 Å². The second kappa shape index (κ2) is 5.60. The third-order valence-electron chi connectivity index (χ3n) is 4.80. The zero-order chi connectivity index (χ0) is 14.1. The molecule has 0 radical (unpaired) electrons. The van der Waals surface area contributed by atoms with Crippen molar-refractivity contribution in [3.05, 3.63) is 24.3 Å². The summed E-state index contributed by atoms with van der Waals surface area (Å²) in [5, 5.41) is 4.36. The maximum absolute atomic E-state index is 5.58. The molecule has 2 saturated carbocycles. The molecule has 0 spiro atoms. The summed E-state index contributed by atoms with van der Waals surface area (Å²) in [6.45, 7) is 0. The van der Waals surface area contributed by atoms with Crippen LogP contribution in [0.3, 0.4) is 0 Å². The van der Waals surface area contributed by atoms with E-state index in [4.69, 9.17) is 17.0 Å². The second-order valence-electron chi connectivity index (χ2n) is 5.96. The molecule has 0 unspecified atom stereocenters. The lowest BCUT2D eigenvalue weighted by atomic mass is 9.95. The third kappa shape index (κ3) is 2.49. The summed E-state index contributed by atoms with van der Waals surface area (Å²) in [5.41, 5.74) is 1.01. The van der Waals surface area contributed by atoms with Crippen LogP contribution in [0.4, 0.5) is 5.69 Å². The van der Waals surface area contributed by atoms with Gasteiger partial charge in [-0.05, 0) is 55.4 Å². The Hall–Kier alpha value is -1.29. The number of thiocarbonyl (C=S) groups is 1. The molecule has 0 saturated heterocycles. The molecule has 3 rings (SSSR count). The predicted molar refractivity (Wildman–Crippen MR) is 86.4 cm³/mol. The highest BCUT2D eigenvalue weighted by atomic mass is 32.1. The summed E-state index contributed by atoms with van der Waals surface area (Å²) in [4.78, 5) is 2.01. The van der Waals surface area contributed by atoms with E-state index in [1.807, 2.05) is 36.2 Å². The number of rotatable bonds is 3. The van der Waals surface area contributed by atoms with Crippen molar-refractivity contribution in [2.24, 2.45) is 11.8 Å². The summed E-state index contributed by atoms with van der Waals surface area (Å²) < 4.78 is 5.41. The largest absolute Gasteiger partial charge is 0.495 e. The standard InChI is InChI=1S/C16H22N2OS/c1-18(14-5-3-4-6-15(14)19-2)16(20)17-13-10-11-7-8-12(13)9-11/h3-6,11-13H,7-10H2,1-2H3,(H,17,20)/t11-,12-,13+/m0/s1. The topological polar surface area (TPSA) is 24.5 Å². The molecule has 0 heterocycles. The molecule has 2 fully saturated rings. The molecule has 1 aromatic rings. The van der Waals surface area contributed by atoms with Gasteiger partial charge in [-0.2, -0.15) is 0 Å². The van der Waals surface area contributed by atoms with Crippen molar-refractivity contribution >= 4 is 23.0 Å². The van der Waals surface area contributed by atoms with E-state index in [2.05, 4.69) is 5.32 Å². The van der Waals surface area contributed by atoms with Crippen molar-refractivity contribution in [3.8, 4) is 5.75 Å². The molecule has 1 aromatic carbocycles. The van der Waals surface area contributed by atoms with Gasteiger partial charge in [0.2, 0.25) is 0 Å². The van der Waals surface area contributed by atoms with Crippen LogP contribution < -0.4 is 15.0 Å². The smallest absolute Gasteiger partial charge is 0.173 e. The fourth-order valence-corrected chi connectivity index (χ4v) is 3.94. The molecular weight excluding hydrogens is 268 g/mol. The van der Waals surface area contributed by atoms with Crippen LogP contribution in [0.15, 0.2) is 24.3 Å². The normalized spacial score (nSPS) is 27.4. The maximum atomic E-state index is 5.58. The predicted octanol–water partition coefficient (Wildman–Crippen LogP) is 3.19. The van der Waals surface area contributed by atoms with Gasteiger partial charge in [0.25, 0.3) is 0 Å². The number of benzene rings is 1. The number of para-hydroxylation sites is 2. The Balaban J connectivity index is 1.67. The minimum Gasteiger partial charge on any atom is -0.495 e. The minimum atomic E-state index is 0.568. The second-order valence-corrected chi connectivity index (χ2v) is 6.35. The molecule has 2 bridgehead atoms. The average molecular weight is 290 g/mol. The summed E-state index contributed by atoms with van der Waals surface area (Å²) in [6.07, 6.45) is 5.45. The van der Waals surface area contributed by atoms with Crippen molar-refractivity contribution in [2.75, 3.05) is 19.1 Å². The fourth-order valence-electron chi connectivity index (χ4n) is 3.69. The van der Waals surface area contributed by atoms with Crippen molar-refractivity contribution in [1.82, 2.24) is 5.32 Å². The van der Waals surface area contributed by atoms with Crippen LogP contribution in [0, 0.1) is 11.8 Å². The van der Waals surface area contributed by atoms with E-state index in [9.17, 15) is 0 Å². The molecule has 108 valence electrons. The van der Waals surface area contributed by atoms with E-state index in [1.54, 1.807) is 7.11 Å². The Kier molecular flexibility index (Phi) is 3.83. The van der Waals surface area contributed by atoms with Gasteiger partial charge in [0.05, 0.1) is 12.8 Å². The van der Waals surface area contributed by atoms with E-state index >= 15 is 0 Å². The zero-order valence-corrected chi connectivity index (χ0v) is 13.0. The van der Waals surface area contributed by atoms with Gasteiger partial charge in [0, 0.05) is 13.1 Å². The molecule has 3 nitrogen and oxygen atoms in total. The van der Waals surface area contributed by atoms with Crippen molar-refractivity contribution in [1.29, 1.82) is 0 Å². The SMILES string of the molecule is COc1ccccc1N(C)C(=S)N[C@@H]1C[C@H]2CC[C@H]1C2. The lowest BCUT2D eigenvalue weighted by Crippen LogP contribution is -2.45.